The Kier molecular flexibility index (Phi) is 2.83. The van der Waals surface area contributed by atoms with E-state index in [2.05, 4.69) is 0 Å². The summed E-state index contributed by atoms with van der Waals surface area (Å²) in [5, 5.41) is 9.87. The van der Waals surface area contributed by atoms with Crippen molar-refractivity contribution < 1.29 is 9.90 Å². The lowest BCUT2D eigenvalue weighted by Crippen LogP contribution is -2.63. The largest absolute Gasteiger partial charge is 0.398 e. The van der Waals surface area contributed by atoms with E-state index in [1.165, 1.54) is 0 Å². The molecule has 0 aliphatic carbocycles. The zero-order chi connectivity index (χ0) is 12.6. The minimum absolute atomic E-state index is 0.0603. The Balaban J connectivity index is 2.09. The molecule has 0 radical (unpaired) electrons. The molecule has 3 N–H and O–H groups in total. The number of likely N-dealkylation sites (tertiary alicyclic amines) is 1. The van der Waals surface area contributed by atoms with E-state index in [0.29, 0.717) is 30.8 Å². The Morgan fingerprint density at radius 1 is 1.53 bits per heavy atom. The van der Waals surface area contributed by atoms with Crippen molar-refractivity contribution >= 4 is 11.6 Å². The van der Waals surface area contributed by atoms with Crippen molar-refractivity contribution in [2.75, 3.05) is 18.8 Å². The molecular formula is C13H18N2O2. The maximum atomic E-state index is 12.1. The molecule has 0 atom stereocenters. The second-order valence-electron chi connectivity index (χ2n) is 4.81. The van der Waals surface area contributed by atoms with E-state index in [4.69, 9.17) is 5.73 Å². The number of benzene rings is 1. The van der Waals surface area contributed by atoms with Crippen LogP contribution in [0.25, 0.3) is 0 Å². The third kappa shape index (κ3) is 2.13. The molecule has 1 aromatic carbocycles. The summed E-state index contributed by atoms with van der Waals surface area (Å²) in [5.41, 5.74) is 7.27. The quantitative estimate of drug-likeness (QED) is 0.755. The molecule has 1 aliphatic heterocycles. The lowest BCUT2D eigenvalue weighted by atomic mass is 9.90. The first kappa shape index (κ1) is 11.9. The first-order chi connectivity index (χ1) is 7.95. The van der Waals surface area contributed by atoms with Gasteiger partial charge in [-0.3, -0.25) is 4.79 Å². The second kappa shape index (κ2) is 4.04. The van der Waals surface area contributed by atoms with E-state index < -0.39 is 5.60 Å². The molecule has 4 heteroatoms. The first-order valence-corrected chi connectivity index (χ1v) is 5.83. The highest BCUT2D eigenvalue weighted by Crippen LogP contribution is 2.26. The van der Waals surface area contributed by atoms with Gasteiger partial charge < -0.3 is 15.7 Å². The van der Waals surface area contributed by atoms with Crippen LogP contribution in [0.3, 0.4) is 0 Å². The van der Waals surface area contributed by atoms with Gasteiger partial charge in [-0.1, -0.05) is 13.0 Å². The van der Waals surface area contributed by atoms with Crippen molar-refractivity contribution in [3.63, 3.8) is 0 Å². The molecule has 0 spiro atoms. The van der Waals surface area contributed by atoms with Gasteiger partial charge in [0.1, 0.15) is 0 Å². The zero-order valence-electron chi connectivity index (χ0n) is 10.2. The summed E-state index contributed by atoms with van der Waals surface area (Å²) in [6.45, 7) is 4.65. The molecule has 0 aromatic heterocycles. The minimum Gasteiger partial charge on any atom is -0.398 e. The van der Waals surface area contributed by atoms with Crippen LogP contribution in [-0.2, 0) is 0 Å². The van der Waals surface area contributed by atoms with Crippen LogP contribution in [0.2, 0.25) is 0 Å². The molecular weight excluding hydrogens is 216 g/mol. The maximum absolute atomic E-state index is 12.1. The molecule has 1 aromatic rings. The lowest BCUT2D eigenvalue weighted by Gasteiger charge is -2.46. The van der Waals surface area contributed by atoms with Crippen molar-refractivity contribution in [1.29, 1.82) is 0 Å². The van der Waals surface area contributed by atoms with Crippen LogP contribution in [0.15, 0.2) is 18.2 Å². The molecule has 0 unspecified atom stereocenters. The van der Waals surface area contributed by atoms with Gasteiger partial charge in [0.15, 0.2) is 0 Å². The Morgan fingerprint density at radius 3 is 2.71 bits per heavy atom. The summed E-state index contributed by atoms with van der Waals surface area (Å²) in [6.07, 6.45) is 0.673. The number of aryl methyl sites for hydroxylation is 1. The maximum Gasteiger partial charge on any atom is 0.254 e. The normalized spacial score (nSPS) is 17.7. The summed E-state index contributed by atoms with van der Waals surface area (Å²) < 4.78 is 0. The van der Waals surface area contributed by atoms with Crippen LogP contribution < -0.4 is 5.73 Å². The van der Waals surface area contributed by atoms with Gasteiger partial charge in [0, 0.05) is 11.3 Å². The van der Waals surface area contributed by atoms with Crippen molar-refractivity contribution in [2.24, 2.45) is 0 Å². The highest BCUT2D eigenvalue weighted by Gasteiger charge is 2.42. The summed E-state index contributed by atoms with van der Waals surface area (Å²) in [7, 11) is 0. The van der Waals surface area contributed by atoms with Crippen molar-refractivity contribution in [2.45, 2.75) is 25.9 Å². The fraction of sp³-hybridized carbons (Fsp3) is 0.462. The van der Waals surface area contributed by atoms with Gasteiger partial charge in [-0.05, 0) is 31.0 Å². The molecule has 2 rings (SSSR count). The average molecular weight is 234 g/mol. The molecule has 1 heterocycles. The van der Waals surface area contributed by atoms with Crippen LogP contribution in [0.1, 0.15) is 29.3 Å². The molecule has 1 saturated heterocycles. The van der Waals surface area contributed by atoms with Crippen LogP contribution in [0.4, 0.5) is 5.69 Å². The highest BCUT2D eigenvalue weighted by molar-refractivity contribution is 5.96. The number of anilines is 1. The summed E-state index contributed by atoms with van der Waals surface area (Å²) in [4.78, 5) is 13.7. The fourth-order valence-corrected chi connectivity index (χ4v) is 1.99. The number of rotatable bonds is 2. The predicted molar refractivity (Wildman–Crippen MR) is 66.7 cm³/mol. The minimum atomic E-state index is -0.689. The number of carbonyl (C=O) groups excluding carboxylic acids is 1. The molecule has 1 amide bonds. The van der Waals surface area contributed by atoms with E-state index >= 15 is 0 Å². The highest BCUT2D eigenvalue weighted by atomic mass is 16.3. The van der Waals surface area contributed by atoms with E-state index in [1.807, 2.05) is 19.9 Å². The number of nitrogens with zero attached hydrogens (tertiary/aromatic N) is 1. The lowest BCUT2D eigenvalue weighted by molar-refractivity contribution is -0.0826. The molecule has 0 saturated carbocycles. The summed E-state index contributed by atoms with van der Waals surface area (Å²) in [5.74, 6) is -0.0603. The summed E-state index contributed by atoms with van der Waals surface area (Å²) >= 11 is 0. The Labute approximate surface area is 101 Å². The van der Waals surface area contributed by atoms with E-state index in [1.54, 1.807) is 17.0 Å². The van der Waals surface area contributed by atoms with E-state index in [0.717, 1.165) is 5.56 Å². The van der Waals surface area contributed by atoms with Crippen molar-refractivity contribution in [3.05, 3.63) is 29.3 Å². The molecule has 1 aliphatic rings. The van der Waals surface area contributed by atoms with E-state index in [-0.39, 0.29) is 5.91 Å². The standard InChI is InChI=1S/C13H18N2O2/c1-3-13(17)7-15(8-13)12(16)10-5-4-9(2)11(14)6-10/h4-6,17H,3,7-8,14H2,1-2H3. The van der Waals surface area contributed by atoms with Gasteiger partial charge in [0.05, 0.1) is 18.7 Å². The van der Waals surface area contributed by atoms with Crippen molar-refractivity contribution in [1.82, 2.24) is 4.90 Å². The number of amides is 1. The SMILES string of the molecule is CCC1(O)CN(C(=O)c2ccc(C)c(N)c2)C1. The second-order valence-corrected chi connectivity index (χ2v) is 4.81. The third-order valence-corrected chi connectivity index (χ3v) is 3.44. The molecule has 1 fully saturated rings. The number of carbonyl (C=O) groups is 1. The smallest absolute Gasteiger partial charge is 0.254 e. The van der Waals surface area contributed by atoms with Gasteiger partial charge >= 0.3 is 0 Å². The summed E-state index contributed by atoms with van der Waals surface area (Å²) in [6, 6.07) is 5.31. The van der Waals surface area contributed by atoms with Gasteiger partial charge in [-0.2, -0.15) is 0 Å². The third-order valence-electron chi connectivity index (χ3n) is 3.44. The topological polar surface area (TPSA) is 66.6 Å². The van der Waals surface area contributed by atoms with Crippen LogP contribution in [-0.4, -0.2) is 34.6 Å². The monoisotopic (exact) mass is 234 g/mol. The number of β-amino-alcohol motifs (C(OH)–C–C–N with tert-alkyl or cyclic N) is 1. The average Bonchev–Trinajstić information content (AvgIpc) is 2.27. The fourth-order valence-electron chi connectivity index (χ4n) is 1.99. The van der Waals surface area contributed by atoms with Crippen molar-refractivity contribution in [3.8, 4) is 0 Å². The molecule has 92 valence electrons. The number of nitrogen functional groups attached to an aromatic ring is 1. The zero-order valence-corrected chi connectivity index (χ0v) is 10.2. The van der Waals surface area contributed by atoms with Gasteiger partial charge in [-0.25, -0.2) is 0 Å². The molecule has 0 bridgehead atoms. The Bertz CT molecular complexity index is 451. The number of hydrogen-bond donors (Lipinski definition) is 2. The van der Waals surface area contributed by atoms with Gasteiger partial charge in [0.2, 0.25) is 0 Å². The first-order valence-electron chi connectivity index (χ1n) is 5.83. The predicted octanol–water partition coefficient (Wildman–Crippen LogP) is 1.17. The van der Waals surface area contributed by atoms with Crippen LogP contribution in [0.5, 0.6) is 0 Å². The Morgan fingerprint density at radius 2 is 2.18 bits per heavy atom. The van der Waals surface area contributed by atoms with Gasteiger partial charge in [-0.15, -0.1) is 0 Å². The number of hydrogen-bond acceptors (Lipinski definition) is 3. The Hall–Kier alpha value is -1.55. The van der Waals surface area contributed by atoms with E-state index in [9.17, 15) is 9.90 Å². The molecule has 4 nitrogen and oxygen atoms in total. The number of nitrogens with two attached hydrogens (primary N) is 1. The number of aliphatic hydroxyl groups is 1. The van der Waals surface area contributed by atoms with Crippen LogP contribution in [0, 0.1) is 6.92 Å². The van der Waals surface area contributed by atoms with Crippen LogP contribution >= 0.6 is 0 Å². The van der Waals surface area contributed by atoms with Gasteiger partial charge in [0.25, 0.3) is 5.91 Å². The molecule has 17 heavy (non-hydrogen) atoms.